The molecule has 0 unspecified atom stereocenters. The lowest BCUT2D eigenvalue weighted by Gasteiger charge is -2.11. The fourth-order valence-corrected chi connectivity index (χ4v) is 1.44. The zero-order valence-electron chi connectivity index (χ0n) is 10.7. The van der Waals surface area contributed by atoms with Crippen LogP contribution in [0.4, 0.5) is 5.82 Å². The van der Waals surface area contributed by atoms with Gasteiger partial charge in [0.1, 0.15) is 5.82 Å². The first kappa shape index (κ1) is 12.4. The molecule has 7 heteroatoms. The molecule has 18 heavy (non-hydrogen) atoms. The summed E-state index contributed by atoms with van der Waals surface area (Å²) in [7, 11) is 1.55. The fraction of sp³-hybridized carbons (Fsp3) is 0.545. The van der Waals surface area contributed by atoms with Crippen molar-refractivity contribution < 1.29 is 9.47 Å². The minimum Gasteiger partial charge on any atom is -0.481 e. The Morgan fingerprint density at radius 3 is 2.83 bits per heavy atom. The number of ether oxygens (including phenoxy) is 2. The van der Waals surface area contributed by atoms with Gasteiger partial charge in [-0.05, 0) is 13.8 Å². The van der Waals surface area contributed by atoms with E-state index in [4.69, 9.17) is 9.47 Å². The van der Waals surface area contributed by atoms with Gasteiger partial charge in [0, 0.05) is 12.6 Å². The number of nitrogens with one attached hydrogen (secondary N) is 2. The molecule has 1 aromatic heterocycles. The van der Waals surface area contributed by atoms with Gasteiger partial charge < -0.3 is 20.1 Å². The number of hydrogen-bond acceptors (Lipinski definition) is 7. The molecule has 1 aliphatic rings. The highest BCUT2D eigenvalue weighted by Crippen LogP contribution is 2.18. The Morgan fingerprint density at radius 1 is 1.39 bits per heavy atom. The molecule has 0 radical (unpaired) electrons. The van der Waals surface area contributed by atoms with Crippen LogP contribution in [0.1, 0.15) is 13.8 Å². The Kier molecular flexibility index (Phi) is 3.81. The maximum atomic E-state index is 5.46. The van der Waals surface area contributed by atoms with Crippen LogP contribution in [0.3, 0.4) is 0 Å². The average Bonchev–Trinajstić information content (AvgIpc) is 2.80. The van der Waals surface area contributed by atoms with Crippen molar-refractivity contribution in [3.05, 3.63) is 6.07 Å². The third-order valence-corrected chi connectivity index (χ3v) is 2.15. The van der Waals surface area contributed by atoms with E-state index in [1.807, 2.05) is 13.8 Å². The number of guanidine groups is 1. The number of aliphatic imine (C=N–C) groups is 1. The Morgan fingerprint density at radius 2 is 2.22 bits per heavy atom. The lowest BCUT2D eigenvalue weighted by Crippen LogP contribution is -2.26. The van der Waals surface area contributed by atoms with Crippen LogP contribution in [0, 0.1) is 0 Å². The van der Waals surface area contributed by atoms with Gasteiger partial charge in [0.15, 0.2) is 5.96 Å². The molecule has 0 aliphatic carbocycles. The summed E-state index contributed by atoms with van der Waals surface area (Å²) in [6, 6.07) is 1.97. The summed E-state index contributed by atoms with van der Waals surface area (Å²) < 4.78 is 10.6. The molecule has 0 aromatic carbocycles. The van der Waals surface area contributed by atoms with Crippen molar-refractivity contribution in [2.75, 3.05) is 25.5 Å². The Hall–Kier alpha value is -2.05. The number of anilines is 1. The van der Waals surface area contributed by atoms with Crippen molar-refractivity contribution in [2.24, 2.45) is 4.99 Å². The molecule has 0 atom stereocenters. The van der Waals surface area contributed by atoms with Gasteiger partial charge in [-0.3, -0.25) is 4.99 Å². The SMILES string of the molecule is COc1cc(NC2=NCCN2)nc(OC(C)C)n1. The van der Waals surface area contributed by atoms with Crippen molar-refractivity contribution in [1.82, 2.24) is 15.3 Å². The normalized spacial score (nSPS) is 14.1. The maximum absolute atomic E-state index is 5.46. The Labute approximate surface area is 106 Å². The standard InChI is InChI=1S/C11H17N5O2/c1-7(2)18-11-15-8(6-9(16-11)17-3)14-10-12-4-5-13-10/h6-7H,4-5H2,1-3H3,(H2,12,13,14,15,16). The van der Waals surface area contributed by atoms with E-state index in [-0.39, 0.29) is 12.1 Å². The summed E-state index contributed by atoms with van der Waals surface area (Å²) in [6.07, 6.45) is 0.00639. The zero-order valence-corrected chi connectivity index (χ0v) is 10.7. The second kappa shape index (κ2) is 5.52. The number of nitrogens with zero attached hydrogens (tertiary/aromatic N) is 3. The van der Waals surface area contributed by atoms with Gasteiger partial charge in [-0.1, -0.05) is 0 Å². The van der Waals surface area contributed by atoms with Gasteiger partial charge in [0.25, 0.3) is 0 Å². The van der Waals surface area contributed by atoms with Crippen LogP contribution in [0.2, 0.25) is 0 Å². The van der Waals surface area contributed by atoms with Gasteiger partial charge in [-0.25, -0.2) is 0 Å². The van der Waals surface area contributed by atoms with Gasteiger partial charge in [0.05, 0.1) is 19.8 Å². The van der Waals surface area contributed by atoms with E-state index in [1.165, 1.54) is 0 Å². The molecular weight excluding hydrogens is 234 g/mol. The van der Waals surface area contributed by atoms with Crippen LogP contribution in [0.25, 0.3) is 0 Å². The second-order valence-corrected chi connectivity index (χ2v) is 4.03. The summed E-state index contributed by atoms with van der Waals surface area (Å²) >= 11 is 0. The summed E-state index contributed by atoms with van der Waals surface area (Å²) in [5.74, 6) is 1.73. The molecule has 2 N–H and O–H groups in total. The predicted octanol–water partition coefficient (Wildman–Crippen LogP) is 0.643. The summed E-state index contributed by atoms with van der Waals surface area (Å²) in [6.45, 7) is 5.43. The number of rotatable bonds is 4. The number of aromatic nitrogens is 2. The highest BCUT2D eigenvalue weighted by atomic mass is 16.5. The molecular formula is C11H17N5O2. The average molecular weight is 251 g/mol. The Bertz CT molecular complexity index is 447. The van der Waals surface area contributed by atoms with E-state index in [0.29, 0.717) is 17.7 Å². The molecule has 0 saturated carbocycles. The van der Waals surface area contributed by atoms with E-state index in [0.717, 1.165) is 13.1 Å². The van der Waals surface area contributed by atoms with Gasteiger partial charge >= 0.3 is 6.01 Å². The molecule has 98 valence electrons. The Balaban J connectivity index is 2.17. The second-order valence-electron chi connectivity index (χ2n) is 4.03. The largest absolute Gasteiger partial charge is 0.481 e. The van der Waals surface area contributed by atoms with Gasteiger partial charge in [0.2, 0.25) is 5.88 Å². The first-order chi connectivity index (χ1) is 8.67. The molecule has 0 saturated heterocycles. The highest BCUT2D eigenvalue weighted by Gasteiger charge is 2.11. The smallest absolute Gasteiger partial charge is 0.321 e. The van der Waals surface area contributed by atoms with E-state index in [1.54, 1.807) is 13.2 Å². The van der Waals surface area contributed by atoms with E-state index >= 15 is 0 Å². The molecule has 7 nitrogen and oxygen atoms in total. The van der Waals surface area contributed by atoms with Crippen LogP contribution < -0.4 is 20.1 Å². The zero-order chi connectivity index (χ0) is 13.0. The van der Waals surface area contributed by atoms with Gasteiger partial charge in [-0.15, -0.1) is 0 Å². The topological polar surface area (TPSA) is 80.7 Å². The molecule has 0 spiro atoms. The van der Waals surface area contributed by atoms with Crippen LogP contribution in [0.15, 0.2) is 11.1 Å². The summed E-state index contributed by atoms with van der Waals surface area (Å²) in [5, 5.41) is 6.16. The van der Waals surface area contributed by atoms with Crippen LogP contribution in [-0.2, 0) is 0 Å². The first-order valence-electron chi connectivity index (χ1n) is 5.82. The lowest BCUT2D eigenvalue weighted by molar-refractivity contribution is 0.219. The van der Waals surface area contributed by atoms with Gasteiger partial charge in [-0.2, -0.15) is 9.97 Å². The van der Waals surface area contributed by atoms with E-state index < -0.39 is 0 Å². The van der Waals surface area contributed by atoms with Crippen molar-refractivity contribution in [1.29, 1.82) is 0 Å². The molecule has 2 heterocycles. The number of methoxy groups -OCH3 is 1. The molecule has 2 rings (SSSR count). The monoisotopic (exact) mass is 251 g/mol. The highest BCUT2D eigenvalue weighted by molar-refractivity contribution is 5.93. The quantitative estimate of drug-likeness (QED) is 0.817. The molecule has 0 bridgehead atoms. The number of hydrogen-bond donors (Lipinski definition) is 2. The first-order valence-corrected chi connectivity index (χ1v) is 5.82. The predicted molar refractivity (Wildman–Crippen MR) is 68.3 cm³/mol. The summed E-state index contributed by atoms with van der Waals surface area (Å²) in [4.78, 5) is 12.6. The third-order valence-electron chi connectivity index (χ3n) is 2.15. The molecule has 0 amide bonds. The van der Waals surface area contributed by atoms with E-state index in [9.17, 15) is 0 Å². The lowest BCUT2D eigenvalue weighted by atomic mass is 10.5. The molecule has 1 aromatic rings. The minimum atomic E-state index is 0.00639. The third kappa shape index (κ3) is 3.22. The van der Waals surface area contributed by atoms with Crippen molar-refractivity contribution in [2.45, 2.75) is 20.0 Å². The van der Waals surface area contributed by atoms with E-state index in [2.05, 4.69) is 25.6 Å². The maximum Gasteiger partial charge on any atom is 0.321 e. The minimum absolute atomic E-state index is 0.00639. The van der Waals surface area contributed by atoms with Crippen LogP contribution in [-0.4, -0.2) is 42.2 Å². The molecule has 1 aliphatic heterocycles. The van der Waals surface area contributed by atoms with Crippen LogP contribution in [0.5, 0.6) is 11.9 Å². The molecule has 0 fully saturated rings. The van der Waals surface area contributed by atoms with Crippen molar-refractivity contribution in [3.63, 3.8) is 0 Å². The van der Waals surface area contributed by atoms with Crippen molar-refractivity contribution in [3.8, 4) is 11.9 Å². The fourth-order valence-electron chi connectivity index (χ4n) is 1.44. The van der Waals surface area contributed by atoms with Crippen molar-refractivity contribution >= 4 is 11.8 Å². The van der Waals surface area contributed by atoms with Crippen LogP contribution >= 0.6 is 0 Å². The summed E-state index contributed by atoms with van der Waals surface area (Å²) in [5.41, 5.74) is 0.